The summed E-state index contributed by atoms with van der Waals surface area (Å²) in [6.45, 7) is 2.50. The third-order valence-corrected chi connectivity index (χ3v) is 8.26. The summed E-state index contributed by atoms with van der Waals surface area (Å²) < 4.78 is 9.88. The van der Waals surface area contributed by atoms with E-state index in [9.17, 15) is 5.11 Å². The van der Waals surface area contributed by atoms with Crippen molar-refractivity contribution in [3.05, 3.63) is 24.2 Å². The van der Waals surface area contributed by atoms with Crippen LogP contribution in [0.2, 0.25) is 0 Å². The van der Waals surface area contributed by atoms with Gasteiger partial charge in [-0.25, -0.2) is 0 Å². The van der Waals surface area contributed by atoms with E-state index >= 15 is 0 Å². The van der Waals surface area contributed by atoms with Gasteiger partial charge in [-0.1, -0.05) is 0 Å². The van der Waals surface area contributed by atoms with E-state index in [1.54, 1.807) is 9.12 Å². The Morgan fingerprint density at radius 1 is 1.33 bits per heavy atom. The number of halogens is 1. The van der Waals surface area contributed by atoms with Crippen LogP contribution in [0.4, 0.5) is 11.6 Å². The number of rotatable bonds is 7. The summed E-state index contributed by atoms with van der Waals surface area (Å²) in [6, 6.07) is 2.07. The largest absolute Gasteiger partial charge is 0.477 e. The third kappa shape index (κ3) is 3.10. The summed E-state index contributed by atoms with van der Waals surface area (Å²) in [7, 11) is 1.56. The van der Waals surface area contributed by atoms with Gasteiger partial charge in [0, 0.05) is 42.4 Å². The maximum Gasteiger partial charge on any atom is 0.232 e. The van der Waals surface area contributed by atoms with Crippen molar-refractivity contribution >= 4 is 53.0 Å². The van der Waals surface area contributed by atoms with Crippen LogP contribution in [0.15, 0.2) is 18.5 Å². The zero-order valence-electron chi connectivity index (χ0n) is 16.5. The fourth-order valence-electron chi connectivity index (χ4n) is 4.88. The molecule has 0 bridgehead atoms. The van der Waals surface area contributed by atoms with E-state index in [4.69, 9.17) is 14.8 Å². The van der Waals surface area contributed by atoms with Crippen LogP contribution >= 0.6 is 30.3 Å². The van der Waals surface area contributed by atoms with E-state index in [1.165, 1.54) is 12.1 Å². The topological polar surface area (TPSA) is 90.0 Å². The lowest BCUT2D eigenvalue weighted by Crippen LogP contribution is -2.24. The Morgan fingerprint density at radius 3 is 2.90 bits per heavy atom. The third-order valence-electron chi connectivity index (χ3n) is 6.54. The highest BCUT2D eigenvalue weighted by molar-refractivity contribution is 14.2. The van der Waals surface area contributed by atoms with Crippen LogP contribution in [0.5, 0.6) is 5.88 Å². The van der Waals surface area contributed by atoms with Crippen LogP contribution in [0, 0.1) is 11.8 Å². The number of aliphatic hydroxyl groups excluding tert-OH is 1. The van der Waals surface area contributed by atoms with E-state index < -0.39 is 0 Å². The second-order valence-electron chi connectivity index (χ2n) is 8.47. The predicted molar refractivity (Wildman–Crippen MR) is 124 cm³/mol. The second kappa shape index (κ2) is 7.27. The minimum Gasteiger partial charge on any atom is -0.477 e. The SMILES string of the molecule is CCOc1nc(Nc2cnn(C3CC4CC4C3O)c2C2CC2)nc2c1ccn2SI. The number of aliphatic hydroxyl groups is 1. The summed E-state index contributed by atoms with van der Waals surface area (Å²) >= 11 is 2.24. The van der Waals surface area contributed by atoms with Crippen molar-refractivity contribution < 1.29 is 9.84 Å². The fourth-order valence-corrected chi connectivity index (χ4v) is 6.14. The molecule has 2 N–H and O–H groups in total. The number of nitrogens with one attached hydrogen (secondary N) is 1. The second-order valence-corrected chi connectivity index (χ2v) is 10.2. The monoisotopic (exact) mass is 538 g/mol. The van der Waals surface area contributed by atoms with Gasteiger partial charge < -0.3 is 15.2 Å². The Bertz CT molecular complexity index is 1110. The number of hydrogen-bond donors (Lipinski definition) is 2. The number of anilines is 2. The summed E-state index contributed by atoms with van der Waals surface area (Å²) in [6.07, 6.45) is 8.09. The van der Waals surface area contributed by atoms with Gasteiger partial charge in [0.2, 0.25) is 11.8 Å². The molecule has 3 fully saturated rings. The highest BCUT2D eigenvalue weighted by Gasteiger charge is 2.54. The number of nitrogens with zero attached hydrogens (tertiary/aromatic N) is 5. The molecule has 3 aromatic heterocycles. The molecule has 0 amide bonds. The molecule has 8 nitrogen and oxygen atoms in total. The zero-order chi connectivity index (χ0) is 20.4. The quantitative estimate of drug-likeness (QED) is 0.430. The highest BCUT2D eigenvalue weighted by atomic mass is 127. The maximum absolute atomic E-state index is 10.7. The summed E-state index contributed by atoms with van der Waals surface area (Å²) in [5.41, 5.74) is 2.94. The molecular formula is C20H23IN6O2S. The van der Waals surface area contributed by atoms with Crippen molar-refractivity contribution in [2.24, 2.45) is 11.8 Å². The average molecular weight is 538 g/mol. The Hall–Kier alpha value is -1.53. The van der Waals surface area contributed by atoms with Gasteiger partial charge in [-0.15, -0.1) is 0 Å². The van der Waals surface area contributed by atoms with Crippen LogP contribution in [-0.2, 0) is 0 Å². The summed E-state index contributed by atoms with van der Waals surface area (Å²) in [4.78, 5) is 9.39. The molecule has 158 valence electrons. The first kappa shape index (κ1) is 19.2. The molecule has 3 aliphatic rings. The van der Waals surface area contributed by atoms with Crippen molar-refractivity contribution in [2.75, 3.05) is 11.9 Å². The number of hydrogen-bond acceptors (Lipinski definition) is 7. The molecule has 3 heterocycles. The van der Waals surface area contributed by atoms with Gasteiger partial charge in [0.25, 0.3) is 0 Å². The van der Waals surface area contributed by atoms with Crippen LogP contribution in [0.1, 0.15) is 50.3 Å². The van der Waals surface area contributed by atoms with Gasteiger partial charge in [-0.2, -0.15) is 15.1 Å². The maximum atomic E-state index is 10.7. The Kier molecular flexibility index (Phi) is 4.64. The molecule has 0 aliphatic heterocycles. The van der Waals surface area contributed by atoms with Crippen LogP contribution in [0.3, 0.4) is 0 Å². The number of aromatic nitrogens is 5. The Balaban J connectivity index is 1.37. The van der Waals surface area contributed by atoms with Gasteiger partial charge in [0.05, 0.1) is 41.7 Å². The first-order valence-corrected chi connectivity index (χ1v) is 13.8. The lowest BCUT2D eigenvalue weighted by atomic mass is 10.1. The van der Waals surface area contributed by atoms with Gasteiger partial charge in [0.1, 0.15) is 0 Å². The molecule has 4 unspecified atom stereocenters. The molecule has 0 radical (unpaired) electrons. The highest BCUT2D eigenvalue weighted by Crippen LogP contribution is 2.57. The van der Waals surface area contributed by atoms with Gasteiger partial charge >= 0.3 is 0 Å². The van der Waals surface area contributed by atoms with Gasteiger partial charge in [-0.3, -0.25) is 8.65 Å². The van der Waals surface area contributed by atoms with E-state index in [0.717, 1.165) is 36.0 Å². The Morgan fingerprint density at radius 2 is 2.20 bits per heavy atom. The average Bonchev–Trinajstić information content (AvgIpc) is 3.62. The standard InChI is InChI=1S/C20H23IN6O2S/c1-2-29-19-12-5-6-26(30-21)18(12)24-20(25-19)23-14-9-22-27(16(14)10-3-4-10)15-8-11-7-13(11)17(15)28/h5-6,9-11,13,15,17,28H,2-4,7-8H2,1H3,(H,23,24,25). The molecule has 3 aromatic rings. The van der Waals surface area contributed by atoms with Crippen molar-refractivity contribution in [2.45, 2.75) is 50.7 Å². The smallest absolute Gasteiger partial charge is 0.232 e. The van der Waals surface area contributed by atoms with Gasteiger partial charge in [0.15, 0.2) is 5.65 Å². The van der Waals surface area contributed by atoms with E-state index in [0.29, 0.717) is 36.2 Å². The fraction of sp³-hybridized carbons (Fsp3) is 0.550. The van der Waals surface area contributed by atoms with E-state index in [1.807, 2.05) is 29.4 Å². The van der Waals surface area contributed by atoms with Crippen molar-refractivity contribution in [3.8, 4) is 5.88 Å². The molecule has 3 aliphatic carbocycles. The molecule has 6 rings (SSSR count). The molecule has 0 saturated heterocycles. The predicted octanol–water partition coefficient (Wildman–Crippen LogP) is 4.44. The zero-order valence-corrected chi connectivity index (χ0v) is 19.5. The lowest BCUT2D eigenvalue weighted by Gasteiger charge is -2.21. The van der Waals surface area contributed by atoms with Crippen molar-refractivity contribution in [1.82, 2.24) is 23.7 Å². The molecule has 4 atom stereocenters. The summed E-state index contributed by atoms with van der Waals surface area (Å²) in [5.74, 6) is 2.73. The van der Waals surface area contributed by atoms with E-state index in [2.05, 4.69) is 36.2 Å². The first-order chi connectivity index (χ1) is 14.7. The molecule has 3 saturated carbocycles. The van der Waals surface area contributed by atoms with E-state index in [-0.39, 0.29) is 12.1 Å². The number of ether oxygens (including phenoxy) is 1. The Labute approximate surface area is 190 Å². The van der Waals surface area contributed by atoms with Crippen molar-refractivity contribution in [3.63, 3.8) is 0 Å². The minimum atomic E-state index is -0.277. The first-order valence-electron chi connectivity index (χ1n) is 10.5. The molecule has 0 aromatic carbocycles. The molecule has 10 heteroatoms. The van der Waals surface area contributed by atoms with Gasteiger partial charge in [-0.05, 0) is 50.5 Å². The minimum absolute atomic E-state index is 0.0925. The summed E-state index contributed by atoms with van der Waals surface area (Å²) in [5, 5.41) is 19.7. The molecule has 30 heavy (non-hydrogen) atoms. The normalized spacial score (nSPS) is 27.4. The van der Waals surface area contributed by atoms with Crippen LogP contribution in [-0.4, -0.2) is 41.5 Å². The lowest BCUT2D eigenvalue weighted by molar-refractivity contribution is 0.105. The number of fused-ring (bicyclic) bond motifs is 2. The van der Waals surface area contributed by atoms with Crippen molar-refractivity contribution in [1.29, 1.82) is 0 Å². The van der Waals surface area contributed by atoms with Crippen LogP contribution in [0.25, 0.3) is 11.0 Å². The van der Waals surface area contributed by atoms with Crippen LogP contribution < -0.4 is 10.1 Å². The molecule has 0 spiro atoms. The molecular weight excluding hydrogens is 515 g/mol.